The molecule has 4 heteroatoms. The van der Waals surface area contributed by atoms with Crippen LogP contribution in [0.4, 0.5) is 5.69 Å². The smallest absolute Gasteiger partial charge is 0.213 e. The predicted molar refractivity (Wildman–Crippen MR) is 68.3 cm³/mol. The molecule has 3 nitrogen and oxygen atoms in total. The van der Waals surface area contributed by atoms with Crippen molar-refractivity contribution in [2.24, 2.45) is 0 Å². The molecule has 0 spiro atoms. The van der Waals surface area contributed by atoms with Crippen molar-refractivity contribution in [2.45, 2.75) is 6.92 Å². The lowest BCUT2D eigenvalue weighted by Crippen LogP contribution is -2.09. The van der Waals surface area contributed by atoms with Gasteiger partial charge >= 0.3 is 0 Å². The topological polar surface area (TPSA) is 56.0 Å². The summed E-state index contributed by atoms with van der Waals surface area (Å²) in [5, 5.41) is 0.260. The number of nitrogen functional groups attached to an aromatic ring is 1. The molecular formula is C13H11ClN2O. The second-order valence-corrected chi connectivity index (χ2v) is 4.10. The van der Waals surface area contributed by atoms with E-state index in [0.29, 0.717) is 11.3 Å². The standard InChI is InChI=1S/C13H11ClN2O/c1-8-4-2-3-5-9(8)13(17)12-10(15)6-7-11(14)16-12/h2-7H,15H2,1H3. The maximum atomic E-state index is 12.2. The number of aryl methyl sites for hydroxylation is 1. The zero-order valence-corrected chi connectivity index (χ0v) is 10.0. The number of benzene rings is 1. The average molecular weight is 247 g/mol. The van der Waals surface area contributed by atoms with E-state index in [9.17, 15) is 4.79 Å². The van der Waals surface area contributed by atoms with Crippen LogP contribution in [-0.2, 0) is 0 Å². The number of hydrogen-bond donors (Lipinski definition) is 1. The number of hydrogen-bond acceptors (Lipinski definition) is 3. The fourth-order valence-corrected chi connectivity index (χ4v) is 1.73. The van der Waals surface area contributed by atoms with Gasteiger partial charge in [0.1, 0.15) is 10.8 Å². The second-order valence-electron chi connectivity index (χ2n) is 3.72. The first-order chi connectivity index (χ1) is 8.09. The molecule has 2 aromatic rings. The number of anilines is 1. The number of rotatable bonds is 2. The van der Waals surface area contributed by atoms with Gasteiger partial charge in [-0.15, -0.1) is 0 Å². The Morgan fingerprint density at radius 1 is 1.24 bits per heavy atom. The van der Waals surface area contributed by atoms with Crippen LogP contribution in [0, 0.1) is 6.92 Å². The summed E-state index contributed by atoms with van der Waals surface area (Å²) in [5.41, 5.74) is 7.75. The summed E-state index contributed by atoms with van der Waals surface area (Å²) in [6, 6.07) is 10.4. The Balaban J connectivity index is 2.51. The van der Waals surface area contributed by atoms with Gasteiger partial charge < -0.3 is 5.73 Å². The van der Waals surface area contributed by atoms with E-state index in [4.69, 9.17) is 17.3 Å². The van der Waals surface area contributed by atoms with Gasteiger partial charge in [0.15, 0.2) is 0 Å². The Morgan fingerprint density at radius 2 is 1.94 bits per heavy atom. The normalized spacial score (nSPS) is 10.2. The lowest BCUT2D eigenvalue weighted by Gasteiger charge is -2.06. The molecule has 0 amide bonds. The van der Waals surface area contributed by atoms with Crippen molar-refractivity contribution in [3.63, 3.8) is 0 Å². The van der Waals surface area contributed by atoms with Crippen molar-refractivity contribution in [1.82, 2.24) is 4.98 Å². The summed E-state index contributed by atoms with van der Waals surface area (Å²) in [7, 11) is 0. The van der Waals surface area contributed by atoms with Crippen molar-refractivity contribution in [2.75, 3.05) is 5.73 Å². The molecule has 2 N–H and O–H groups in total. The molecular weight excluding hydrogens is 236 g/mol. The van der Waals surface area contributed by atoms with Crippen LogP contribution in [0.3, 0.4) is 0 Å². The van der Waals surface area contributed by atoms with Crippen molar-refractivity contribution < 1.29 is 4.79 Å². The molecule has 0 aliphatic carbocycles. The highest BCUT2D eigenvalue weighted by molar-refractivity contribution is 6.29. The molecule has 86 valence electrons. The zero-order valence-electron chi connectivity index (χ0n) is 9.27. The number of nitrogens with zero attached hydrogens (tertiary/aromatic N) is 1. The van der Waals surface area contributed by atoms with Crippen molar-refractivity contribution in [1.29, 1.82) is 0 Å². The minimum Gasteiger partial charge on any atom is -0.397 e. The lowest BCUT2D eigenvalue weighted by atomic mass is 10.0. The van der Waals surface area contributed by atoms with E-state index in [0.717, 1.165) is 5.56 Å². The van der Waals surface area contributed by atoms with E-state index >= 15 is 0 Å². The Kier molecular flexibility index (Phi) is 3.11. The third-order valence-corrected chi connectivity index (χ3v) is 2.71. The molecule has 1 heterocycles. The first-order valence-electron chi connectivity index (χ1n) is 5.12. The number of nitrogens with two attached hydrogens (primary N) is 1. The molecule has 0 radical (unpaired) electrons. The van der Waals surface area contributed by atoms with E-state index in [1.165, 1.54) is 0 Å². The Labute approximate surface area is 104 Å². The molecule has 0 saturated heterocycles. The first-order valence-corrected chi connectivity index (χ1v) is 5.49. The van der Waals surface area contributed by atoms with Crippen molar-refractivity contribution in [3.8, 4) is 0 Å². The number of pyridine rings is 1. The number of carbonyl (C=O) groups is 1. The van der Waals surface area contributed by atoms with Crippen LogP contribution < -0.4 is 5.73 Å². The summed E-state index contributed by atoms with van der Waals surface area (Å²) in [6.07, 6.45) is 0. The average Bonchev–Trinajstić information content (AvgIpc) is 2.32. The van der Waals surface area contributed by atoms with E-state index in [1.807, 2.05) is 19.1 Å². The summed E-state index contributed by atoms with van der Waals surface area (Å²) >= 11 is 5.77. The van der Waals surface area contributed by atoms with Crippen LogP contribution in [0.2, 0.25) is 5.15 Å². The van der Waals surface area contributed by atoms with Gasteiger partial charge in [-0.1, -0.05) is 35.9 Å². The molecule has 0 unspecified atom stereocenters. The van der Waals surface area contributed by atoms with Gasteiger partial charge in [-0.3, -0.25) is 4.79 Å². The summed E-state index contributed by atoms with van der Waals surface area (Å²) < 4.78 is 0. The Hall–Kier alpha value is -1.87. The Bertz CT molecular complexity index is 581. The van der Waals surface area contributed by atoms with Gasteiger partial charge in [-0.05, 0) is 24.6 Å². The minimum absolute atomic E-state index is 0.201. The molecule has 2 rings (SSSR count). The van der Waals surface area contributed by atoms with Gasteiger partial charge in [0, 0.05) is 5.56 Å². The molecule has 1 aromatic carbocycles. The van der Waals surface area contributed by atoms with Crippen LogP contribution >= 0.6 is 11.6 Å². The minimum atomic E-state index is -0.205. The van der Waals surface area contributed by atoms with E-state index in [1.54, 1.807) is 24.3 Å². The van der Waals surface area contributed by atoms with Gasteiger partial charge in [0.25, 0.3) is 0 Å². The van der Waals surface area contributed by atoms with E-state index in [2.05, 4.69) is 4.98 Å². The molecule has 1 aromatic heterocycles. The van der Waals surface area contributed by atoms with Crippen LogP contribution in [0.25, 0.3) is 0 Å². The Morgan fingerprint density at radius 3 is 2.65 bits per heavy atom. The molecule has 0 aliphatic rings. The molecule has 0 aliphatic heterocycles. The predicted octanol–water partition coefficient (Wildman–Crippen LogP) is 2.86. The number of carbonyl (C=O) groups excluding carboxylic acids is 1. The van der Waals surface area contributed by atoms with Gasteiger partial charge in [-0.2, -0.15) is 0 Å². The highest BCUT2D eigenvalue weighted by atomic mass is 35.5. The van der Waals surface area contributed by atoms with Crippen molar-refractivity contribution >= 4 is 23.1 Å². The molecule has 0 atom stereocenters. The zero-order chi connectivity index (χ0) is 12.4. The molecule has 0 fully saturated rings. The number of aromatic nitrogens is 1. The van der Waals surface area contributed by atoms with Crippen LogP contribution in [-0.4, -0.2) is 10.8 Å². The quantitative estimate of drug-likeness (QED) is 0.655. The maximum Gasteiger partial charge on any atom is 0.213 e. The third-order valence-electron chi connectivity index (χ3n) is 2.50. The largest absolute Gasteiger partial charge is 0.397 e. The highest BCUT2D eigenvalue weighted by Gasteiger charge is 2.16. The maximum absolute atomic E-state index is 12.2. The highest BCUT2D eigenvalue weighted by Crippen LogP contribution is 2.19. The first kappa shape index (κ1) is 11.6. The second kappa shape index (κ2) is 4.55. The van der Waals surface area contributed by atoms with Crippen LogP contribution in [0.1, 0.15) is 21.6 Å². The van der Waals surface area contributed by atoms with E-state index in [-0.39, 0.29) is 16.6 Å². The fourth-order valence-electron chi connectivity index (χ4n) is 1.58. The number of halogens is 1. The third kappa shape index (κ3) is 2.29. The lowest BCUT2D eigenvalue weighted by molar-refractivity contribution is 0.103. The summed E-state index contributed by atoms with van der Waals surface area (Å²) in [4.78, 5) is 16.2. The van der Waals surface area contributed by atoms with E-state index < -0.39 is 0 Å². The monoisotopic (exact) mass is 246 g/mol. The summed E-state index contributed by atoms with van der Waals surface area (Å²) in [6.45, 7) is 1.87. The van der Waals surface area contributed by atoms with Crippen LogP contribution in [0.5, 0.6) is 0 Å². The summed E-state index contributed by atoms with van der Waals surface area (Å²) in [5.74, 6) is -0.205. The van der Waals surface area contributed by atoms with Gasteiger partial charge in [-0.25, -0.2) is 4.98 Å². The fraction of sp³-hybridized carbons (Fsp3) is 0.0769. The molecule has 17 heavy (non-hydrogen) atoms. The molecule has 0 saturated carbocycles. The van der Waals surface area contributed by atoms with Crippen LogP contribution in [0.15, 0.2) is 36.4 Å². The van der Waals surface area contributed by atoms with Gasteiger partial charge in [0.05, 0.1) is 5.69 Å². The SMILES string of the molecule is Cc1ccccc1C(=O)c1nc(Cl)ccc1N. The number of ketones is 1. The molecule has 0 bridgehead atoms. The van der Waals surface area contributed by atoms with Crippen molar-refractivity contribution in [3.05, 3.63) is 58.4 Å². The van der Waals surface area contributed by atoms with Gasteiger partial charge in [0.2, 0.25) is 5.78 Å².